The molecule has 9 heteroatoms. The lowest BCUT2D eigenvalue weighted by Crippen LogP contribution is -2.55. The zero-order valence-corrected chi connectivity index (χ0v) is 14.9. The van der Waals surface area contributed by atoms with Crippen LogP contribution in [0.25, 0.3) is 0 Å². The molecule has 142 valence electrons. The zero-order chi connectivity index (χ0) is 19.0. The van der Waals surface area contributed by atoms with E-state index >= 15 is 0 Å². The van der Waals surface area contributed by atoms with Crippen LogP contribution in [0.2, 0.25) is 0 Å². The number of hydrogen-bond donors (Lipinski definition) is 5. The summed E-state index contributed by atoms with van der Waals surface area (Å²) in [6, 6.07) is -2.08. The van der Waals surface area contributed by atoms with Gasteiger partial charge in [-0.25, -0.2) is 0 Å². The molecule has 0 aromatic carbocycles. The number of carboxylic acid groups (broad SMARTS) is 1. The number of amides is 3. The van der Waals surface area contributed by atoms with Crippen LogP contribution in [0.5, 0.6) is 0 Å². The Morgan fingerprint density at radius 3 is 2.40 bits per heavy atom. The minimum absolute atomic E-state index is 0.105. The SMILES string of the molecule is CCC(C)C(NC(=O)C1CCCN1)C(=O)NCC(=O)NC(C)C(=O)O. The van der Waals surface area contributed by atoms with Crippen LogP contribution in [0, 0.1) is 5.92 Å². The second kappa shape index (κ2) is 9.97. The monoisotopic (exact) mass is 356 g/mol. The molecular formula is C16H28N4O5. The van der Waals surface area contributed by atoms with Crippen molar-refractivity contribution in [1.82, 2.24) is 21.3 Å². The number of nitrogens with one attached hydrogen (secondary N) is 4. The van der Waals surface area contributed by atoms with E-state index in [4.69, 9.17) is 5.11 Å². The van der Waals surface area contributed by atoms with Crippen LogP contribution < -0.4 is 21.3 Å². The topological polar surface area (TPSA) is 137 Å². The highest BCUT2D eigenvalue weighted by Gasteiger charge is 2.30. The summed E-state index contributed by atoms with van der Waals surface area (Å²) in [7, 11) is 0. The van der Waals surface area contributed by atoms with Gasteiger partial charge in [0.05, 0.1) is 12.6 Å². The number of carboxylic acids is 1. The molecule has 0 aliphatic carbocycles. The molecule has 1 rings (SSSR count). The van der Waals surface area contributed by atoms with Crippen molar-refractivity contribution in [2.45, 2.75) is 58.2 Å². The van der Waals surface area contributed by atoms with Gasteiger partial charge in [-0.1, -0.05) is 20.3 Å². The van der Waals surface area contributed by atoms with E-state index in [1.807, 2.05) is 13.8 Å². The van der Waals surface area contributed by atoms with E-state index in [2.05, 4.69) is 21.3 Å². The second-order valence-electron chi connectivity index (χ2n) is 6.37. The molecule has 1 aliphatic rings. The lowest BCUT2D eigenvalue weighted by Gasteiger charge is -2.25. The number of carbonyl (C=O) groups excluding carboxylic acids is 3. The average Bonchev–Trinajstić information content (AvgIpc) is 3.11. The molecule has 1 saturated heterocycles. The van der Waals surface area contributed by atoms with Gasteiger partial charge < -0.3 is 26.4 Å². The molecule has 4 unspecified atom stereocenters. The smallest absolute Gasteiger partial charge is 0.325 e. The van der Waals surface area contributed by atoms with E-state index in [9.17, 15) is 19.2 Å². The number of aliphatic carboxylic acids is 1. The summed E-state index contributed by atoms with van der Waals surface area (Å²) in [4.78, 5) is 47.0. The first-order chi connectivity index (χ1) is 11.8. The van der Waals surface area contributed by atoms with Gasteiger partial charge in [0, 0.05) is 0 Å². The highest BCUT2D eigenvalue weighted by Crippen LogP contribution is 2.10. The Morgan fingerprint density at radius 1 is 1.20 bits per heavy atom. The van der Waals surface area contributed by atoms with Crippen molar-refractivity contribution in [1.29, 1.82) is 0 Å². The van der Waals surface area contributed by atoms with Crippen molar-refractivity contribution in [3.05, 3.63) is 0 Å². The standard InChI is InChI=1S/C16H28N4O5/c1-4-9(2)13(20-14(22)11-6-5-7-17-11)15(23)18-8-12(21)19-10(3)16(24)25/h9-11,13,17H,4-8H2,1-3H3,(H,18,23)(H,19,21)(H,20,22)(H,24,25). The van der Waals surface area contributed by atoms with Crippen LogP contribution in [0.15, 0.2) is 0 Å². The maximum absolute atomic E-state index is 12.4. The predicted octanol–water partition coefficient (Wildman–Crippen LogP) is -1.03. The highest BCUT2D eigenvalue weighted by atomic mass is 16.4. The fourth-order valence-electron chi connectivity index (χ4n) is 2.50. The summed E-state index contributed by atoms with van der Waals surface area (Å²) < 4.78 is 0. The fraction of sp³-hybridized carbons (Fsp3) is 0.750. The molecule has 5 N–H and O–H groups in total. The highest BCUT2D eigenvalue weighted by molar-refractivity contribution is 5.92. The lowest BCUT2D eigenvalue weighted by molar-refractivity contribution is -0.141. The molecule has 9 nitrogen and oxygen atoms in total. The first kappa shape index (κ1) is 20.9. The van der Waals surface area contributed by atoms with Crippen LogP contribution in [0.3, 0.4) is 0 Å². The van der Waals surface area contributed by atoms with Gasteiger partial charge in [0.15, 0.2) is 0 Å². The number of rotatable bonds is 9. The Morgan fingerprint density at radius 2 is 1.88 bits per heavy atom. The third-order valence-electron chi connectivity index (χ3n) is 4.34. The Labute approximate surface area is 147 Å². The molecule has 0 bridgehead atoms. The minimum Gasteiger partial charge on any atom is -0.480 e. The summed E-state index contributed by atoms with van der Waals surface area (Å²) in [6.45, 7) is 5.52. The first-order valence-corrected chi connectivity index (χ1v) is 8.59. The Balaban J connectivity index is 2.56. The van der Waals surface area contributed by atoms with Gasteiger partial charge in [-0.05, 0) is 32.2 Å². The van der Waals surface area contributed by atoms with E-state index in [1.165, 1.54) is 6.92 Å². The molecular weight excluding hydrogens is 328 g/mol. The second-order valence-corrected chi connectivity index (χ2v) is 6.37. The third-order valence-corrected chi connectivity index (χ3v) is 4.34. The third kappa shape index (κ3) is 6.69. The fourth-order valence-corrected chi connectivity index (χ4v) is 2.50. The van der Waals surface area contributed by atoms with Crippen molar-refractivity contribution < 1.29 is 24.3 Å². The largest absolute Gasteiger partial charge is 0.480 e. The summed E-state index contributed by atoms with van der Waals surface area (Å²) in [5.41, 5.74) is 0. The van der Waals surface area contributed by atoms with Crippen molar-refractivity contribution in [2.24, 2.45) is 5.92 Å². The molecule has 0 spiro atoms. The van der Waals surface area contributed by atoms with E-state index in [1.54, 1.807) is 0 Å². The quantitative estimate of drug-likeness (QED) is 0.358. The maximum Gasteiger partial charge on any atom is 0.325 e. The summed E-state index contributed by atoms with van der Waals surface area (Å²) in [6.07, 6.45) is 2.33. The van der Waals surface area contributed by atoms with Crippen LogP contribution in [-0.2, 0) is 19.2 Å². The van der Waals surface area contributed by atoms with E-state index in [-0.39, 0.29) is 24.4 Å². The van der Waals surface area contributed by atoms with Gasteiger partial charge in [0.25, 0.3) is 0 Å². The molecule has 1 heterocycles. The molecule has 3 amide bonds. The zero-order valence-electron chi connectivity index (χ0n) is 14.9. The summed E-state index contributed by atoms with van der Waals surface area (Å²) in [5, 5.41) is 19.3. The van der Waals surface area contributed by atoms with E-state index in [0.717, 1.165) is 19.4 Å². The number of hydrogen-bond acceptors (Lipinski definition) is 5. The Kier molecular flexibility index (Phi) is 8.33. The summed E-state index contributed by atoms with van der Waals surface area (Å²) >= 11 is 0. The molecule has 0 aromatic heterocycles. The number of carbonyl (C=O) groups is 4. The van der Waals surface area contributed by atoms with Crippen LogP contribution in [-0.4, -0.2) is 60.0 Å². The molecule has 25 heavy (non-hydrogen) atoms. The van der Waals surface area contributed by atoms with E-state index in [0.29, 0.717) is 6.42 Å². The maximum atomic E-state index is 12.4. The van der Waals surface area contributed by atoms with Gasteiger partial charge in [-0.3, -0.25) is 19.2 Å². The van der Waals surface area contributed by atoms with Gasteiger partial charge in [-0.2, -0.15) is 0 Å². The van der Waals surface area contributed by atoms with Crippen LogP contribution in [0.4, 0.5) is 0 Å². The van der Waals surface area contributed by atoms with Gasteiger partial charge in [0.1, 0.15) is 12.1 Å². The molecule has 4 atom stereocenters. The van der Waals surface area contributed by atoms with Gasteiger partial charge >= 0.3 is 5.97 Å². The van der Waals surface area contributed by atoms with Crippen molar-refractivity contribution in [3.8, 4) is 0 Å². The first-order valence-electron chi connectivity index (χ1n) is 8.59. The minimum atomic E-state index is -1.16. The van der Waals surface area contributed by atoms with Crippen LogP contribution >= 0.6 is 0 Å². The Hall–Kier alpha value is -2.16. The molecule has 0 saturated carbocycles. The van der Waals surface area contributed by atoms with Gasteiger partial charge in [0.2, 0.25) is 17.7 Å². The molecule has 1 fully saturated rings. The lowest BCUT2D eigenvalue weighted by atomic mass is 9.97. The normalized spacial score (nSPS) is 20.2. The average molecular weight is 356 g/mol. The van der Waals surface area contributed by atoms with Crippen molar-refractivity contribution >= 4 is 23.7 Å². The predicted molar refractivity (Wildman–Crippen MR) is 90.7 cm³/mol. The summed E-state index contributed by atoms with van der Waals surface area (Å²) in [5.74, 6) is -2.55. The van der Waals surface area contributed by atoms with Crippen LogP contribution in [0.1, 0.15) is 40.0 Å². The molecule has 0 radical (unpaired) electrons. The molecule has 1 aliphatic heterocycles. The van der Waals surface area contributed by atoms with E-state index < -0.39 is 29.9 Å². The van der Waals surface area contributed by atoms with Gasteiger partial charge in [-0.15, -0.1) is 0 Å². The molecule has 0 aromatic rings. The van der Waals surface area contributed by atoms with Crippen molar-refractivity contribution in [2.75, 3.05) is 13.1 Å². The Bertz CT molecular complexity index is 505. The van der Waals surface area contributed by atoms with Crippen molar-refractivity contribution in [3.63, 3.8) is 0 Å².